The average Bonchev–Trinajstić information content (AvgIpc) is 2.46. The fourth-order valence-corrected chi connectivity index (χ4v) is 2.16. The molecule has 0 aliphatic heterocycles. The van der Waals surface area contributed by atoms with Gasteiger partial charge in [-0.05, 0) is 29.8 Å². The molecule has 21 heavy (non-hydrogen) atoms. The Kier molecular flexibility index (Phi) is 4.93. The minimum absolute atomic E-state index is 0.0125. The molecule has 0 fully saturated rings. The van der Waals surface area contributed by atoms with E-state index in [1.807, 2.05) is 24.3 Å². The molecule has 0 heterocycles. The van der Waals surface area contributed by atoms with E-state index in [4.69, 9.17) is 11.6 Å². The third kappa shape index (κ3) is 4.03. The average molecular weight is 370 g/mol. The van der Waals surface area contributed by atoms with Gasteiger partial charge in [0, 0.05) is 22.1 Å². The number of benzene rings is 2. The summed E-state index contributed by atoms with van der Waals surface area (Å²) in [7, 11) is 0. The van der Waals surface area contributed by atoms with E-state index in [1.165, 1.54) is 12.1 Å². The predicted molar refractivity (Wildman–Crippen MR) is 83.4 cm³/mol. The molecule has 2 aromatic rings. The lowest BCUT2D eigenvalue weighted by atomic mass is 10.1. The monoisotopic (exact) mass is 368 g/mol. The molecule has 7 heteroatoms. The highest BCUT2D eigenvalue weighted by molar-refractivity contribution is 9.10. The van der Waals surface area contributed by atoms with Gasteiger partial charge in [-0.3, -0.25) is 14.9 Å². The van der Waals surface area contributed by atoms with Crippen LogP contribution in [-0.4, -0.2) is 10.8 Å². The molecule has 5 nitrogen and oxygen atoms in total. The largest absolute Gasteiger partial charge is 0.348 e. The lowest BCUT2D eigenvalue weighted by molar-refractivity contribution is -0.385. The van der Waals surface area contributed by atoms with Crippen LogP contribution in [0.5, 0.6) is 0 Å². The van der Waals surface area contributed by atoms with E-state index in [-0.39, 0.29) is 22.8 Å². The van der Waals surface area contributed by atoms with Crippen molar-refractivity contribution in [3.63, 3.8) is 0 Å². The van der Waals surface area contributed by atoms with Gasteiger partial charge < -0.3 is 5.32 Å². The van der Waals surface area contributed by atoms with Crippen LogP contribution < -0.4 is 5.32 Å². The molecule has 1 N–H and O–H groups in total. The second kappa shape index (κ2) is 6.69. The Morgan fingerprint density at radius 1 is 1.24 bits per heavy atom. The number of nitrogens with one attached hydrogen (secondary N) is 1. The topological polar surface area (TPSA) is 72.2 Å². The van der Waals surface area contributed by atoms with Gasteiger partial charge in [-0.2, -0.15) is 0 Å². The first-order valence-corrected chi connectivity index (χ1v) is 7.11. The van der Waals surface area contributed by atoms with Gasteiger partial charge in [0.05, 0.1) is 4.92 Å². The molecule has 108 valence electrons. The zero-order chi connectivity index (χ0) is 15.4. The minimum Gasteiger partial charge on any atom is -0.348 e. The maximum Gasteiger partial charge on any atom is 0.283 e. The molecule has 0 aliphatic carbocycles. The van der Waals surface area contributed by atoms with Crippen LogP contribution >= 0.6 is 27.5 Å². The van der Waals surface area contributed by atoms with Crippen LogP contribution in [0.15, 0.2) is 46.9 Å². The molecule has 0 atom stereocenters. The van der Waals surface area contributed by atoms with E-state index in [1.54, 1.807) is 0 Å². The molecule has 0 saturated carbocycles. The molecule has 1 amide bonds. The van der Waals surface area contributed by atoms with Crippen molar-refractivity contribution in [1.29, 1.82) is 0 Å². The molecule has 0 spiro atoms. The first-order valence-electron chi connectivity index (χ1n) is 5.94. The first kappa shape index (κ1) is 15.5. The summed E-state index contributed by atoms with van der Waals surface area (Å²) >= 11 is 9.03. The van der Waals surface area contributed by atoms with Crippen LogP contribution in [0.1, 0.15) is 15.9 Å². The van der Waals surface area contributed by atoms with E-state index >= 15 is 0 Å². The van der Waals surface area contributed by atoms with Crippen LogP contribution in [-0.2, 0) is 6.54 Å². The number of nitro benzene ring substituents is 1. The van der Waals surface area contributed by atoms with Crippen LogP contribution in [0.25, 0.3) is 0 Å². The van der Waals surface area contributed by atoms with Crippen LogP contribution in [0.2, 0.25) is 5.02 Å². The summed E-state index contributed by atoms with van der Waals surface area (Å²) in [5.41, 5.74) is 0.570. The third-order valence-electron chi connectivity index (χ3n) is 2.77. The van der Waals surface area contributed by atoms with Crippen molar-refractivity contribution in [1.82, 2.24) is 5.32 Å². The van der Waals surface area contributed by atoms with Crippen molar-refractivity contribution >= 4 is 39.1 Å². The van der Waals surface area contributed by atoms with Crippen LogP contribution in [0, 0.1) is 10.1 Å². The number of nitro groups is 1. The third-order valence-corrected chi connectivity index (χ3v) is 3.53. The van der Waals surface area contributed by atoms with Gasteiger partial charge in [0.2, 0.25) is 0 Å². The van der Waals surface area contributed by atoms with Crippen molar-refractivity contribution in [2.45, 2.75) is 6.54 Å². The maximum atomic E-state index is 12.1. The Morgan fingerprint density at radius 2 is 1.90 bits per heavy atom. The Bertz CT molecular complexity index is 689. The number of halogens is 2. The number of hydrogen-bond donors (Lipinski definition) is 1. The molecule has 0 bridgehead atoms. The minimum atomic E-state index is -0.625. The van der Waals surface area contributed by atoms with E-state index < -0.39 is 10.8 Å². The molecule has 0 unspecified atom stereocenters. The van der Waals surface area contributed by atoms with E-state index in [9.17, 15) is 14.9 Å². The van der Waals surface area contributed by atoms with Crippen molar-refractivity contribution < 1.29 is 9.72 Å². The van der Waals surface area contributed by atoms with E-state index in [0.29, 0.717) is 0 Å². The Labute approximate surface area is 134 Å². The predicted octanol–water partition coefficient (Wildman–Crippen LogP) is 3.94. The van der Waals surface area contributed by atoms with Gasteiger partial charge in [-0.1, -0.05) is 39.7 Å². The molecule has 0 aliphatic rings. The summed E-state index contributed by atoms with van der Waals surface area (Å²) in [5, 5.41) is 13.8. The normalized spacial score (nSPS) is 10.2. The van der Waals surface area contributed by atoms with Crippen molar-refractivity contribution in [3.05, 3.63) is 73.2 Å². The zero-order valence-electron chi connectivity index (χ0n) is 10.7. The summed E-state index contributed by atoms with van der Waals surface area (Å²) in [5.74, 6) is -0.513. The zero-order valence-corrected chi connectivity index (χ0v) is 13.0. The van der Waals surface area contributed by atoms with E-state index in [2.05, 4.69) is 21.2 Å². The van der Waals surface area contributed by atoms with Gasteiger partial charge in [0.1, 0.15) is 5.56 Å². The highest BCUT2D eigenvalue weighted by atomic mass is 79.9. The van der Waals surface area contributed by atoms with Crippen molar-refractivity contribution in [2.75, 3.05) is 0 Å². The van der Waals surface area contributed by atoms with Gasteiger partial charge in [0.15, 0.2) is 0 Å². The molecular weight excluding hydrogens is 360 g/mol. The Hall–Kier alpha value is -1.92. The van der Waals surface area contributed by atoms with Crippen molar-refractivity contribution in [2.24, 2.45) is 0 Å². The lowest BCUT2D eigenvalue weighted by Gasteiger charge is -2.06. The van der Waals surface area contributed by atoms with Crippen molar-refractivity contribution in [3.8, 4) is 0 Å². The number of hydrogen-bond acceptors (Lipinski definition) is 3. The summed E-state index contributed by atoms with van der Waals surface area (Å²) < 4.78 is 0.936. The fraction of sp³-hybridized carbons (Fsp3) is 0.0714. The standard InChI is InChI=1S/C14H10BrClN2O3/c15-10-3-1-9(2-4-10)8-17-14(19)12-6-5-11(16)7-13(12)18(20)21/h1-7H,8H2,(H,17,19). The number of carbonyl (C=O) groups excluding carboxylic acids is 1. The number of nitrogens with zero attached hydrogens (tertiary/aromatic N) is 1. The van der Waals surface area contributed by atoms with E-state index in [0.717, 1.165) is 16.1 Å². The first-order chi connectivity index (χ1) is 9.97. The van der Waals surface area contributed by atoms with Gasteiger partial charge in [-0.15, -0.1) is 0 Å². The van der Waals surface area contributed by atoms with Crippen LogP contribution in [0.4, 0.5) is 5.69 Å². The Balaban J connectivity index is 2.13. The molecule has 0 radical (unpaired) electrons. The Morgan fingerprint density at radius 3 is 2.52 bits per heavy atom. The molecule has 2 aromatic carbocycles. The summed E-state index contributed by atoms with van der Waals surface area (Å²) in [6.45, 7) is 0.284. The number of amides is 1. The van der Waals surface area contributed by atoms with Gasteiger partial charge in [0.25, 0.3) is 11.6 Å². The maximum absolute atomic E-state index is 12.1. The highest BCUT2D eigenvalue weighted by Crippen LogP contribution is 2.23. The summed E-state index contributed by atoms with van der Waals surface area (Å²) in [6.07, 6.45) is 0. The fourth-order valence-electron chi connectivity index (χ4n) is 1.73. The van der Waals surface area contributed by atoms with Gasteiger partial charge in [-0.25, -0.2) is 0 Å². The lowest BCUT2D eigenvalue weighted by Crippen LogP contribution is -2.23. The quantitative estimate of drug-likeness (QED) is 0.655. The molecule has 0 aromatic heterocycles. The molecular formula is C14H10BrClN2O3. The number of carbonyl (C=O) groups is 1. The second-order valence-electron chi connectivity index (χ2n) is 4.23. The summed E-state index contributed by atoms with van der Waals surface area (Å²) in [6, 6.07) is 11.4. The highest BCUT2D eigenvalue weighted by Gasteiger charge is 2.20. The van der Waals surface area contributed by atoms with Crippen LogP contribution in [0.3, 0.4) is 0 Å². The number of rotatable bonds is 4. The second-order valence-corrected chi connectivity index (χ2v) is 5.58. The SMILES string of the molecule is O=C(NCc1ccc(Br)cc1)c1ccc(Cl)cc1[N+](=O)[O-]. The summed E-state index contributed by atoms with van der Waals surface area (Å²) in [4.78, 5) is 22.4. The molecule has 0 saturated heterocycles. The van der Waals surface area contributed by atoms with Gasteiger partial charge >= 0.3 is 0 Å². The smallest absolute Gasteiger partial charge is 0.283 e. The molecule has 2 rings (SSSR count).